The molecule has 32 heavy (non-hydrogen) atoms. The second kappa shape index (κ2) is 9.48. The van der Waals surface area contributed by atoms with Crippen LogP contribution in [0, 0.1) is 0 Å². The van der Waals surface area contributed by atoms with Gasteiger partial charge in [0.05, 0.1) is 27.4 Å². The molecular weight excluding hydrogens is 412 g/mol. The highest BCUT2D eigenvalue weighted by atomic mass is 16.6. The van der Waals surface area contributed by atoms with Gasteiger partial charge in [0.25, 0.3) is 0 Å². The van der Waals surface area contributed by atoms with Crippen LogP contribution in [0.4, 0.5) is 4.79 Å². The van der Waals surface area contributed by atoms with Gasteiger partial charge in [-0.3, -0.25) is 4.90 Å². The molecule has 1 heterocycles. The van der Waals surface area contributed by atoms with Crippen molar-refractivity contribution in [1.82, 2.24) is 10.2 Å². The molecular formula is C24H30N2O6. The van der Waals surface area contributed by atoms with Crippen LogP contribution in [0.15, 0.2) is 48.5 Å². The summed E-state index contributed by atoms with van der Waals surface area (Å²) in [6.07, 6.45) is -1.92. The molecule has 1 aliphatic rings. The quantitative estimate of drug-likeness (QED) is 0.709. The first kappa shape index (κ1) is 23.4. The minimum absolute atomic E-state index is 0.374. The summed E-state index contributed by atoms with van der Waals surface area (Å²) in [5.74, 6) is 0.501. The molecule has 0 aromatic heterocycles. The van der Waals surface area contributed by atoms with E-state index in [2.05, 4.69) is 5.32 Å². The Bertz CT molecular complexity index is 957. The normalized spacial score (nSPS) is 20.6. The van der Waals surface area contributed by atoms with Crippen LogP contribution < -0.4 is 14.8 Å². The number of carbonyl (C=O) groups is 2. The van der Waals surface area contributed by atoms with E-state index in [9.17, 15) is 9.59 Å². The Morgan fingerprint density at radius 1 is 1.00 bits per heavy atom. The average molecular weight is 443 g/mol. The molecule has 1 aliphatic heterocycles. The van der Waals surface area contributed by atoms with Crippen LogP contribution >= 0.6 is 0 Å². The summed E-state index contributed by atoms with van der Waals surface area (Å²) in [6.45, 7) is 5.67. The van der Waals surface area contributed by atoms with E-state index in [1.807, 2.05) is 51.1 Å². The molecule has 172 valence electrons. The van der Waals surface area contributed by atoms with Crippen molar-refractivity contribution >= 4 is 12.0 Å². The smallest absolute Gasteiger partial charge is 0.337 e. The molecule has 0 radical (unpaired) electrons. The summed E-state index contributed by atoms with van der Waals surface area (Å²) in [4.78, 5) is 27.8. The Labute approximate surface area is 188 Å². The van der Waals surface area contributed by atoms with E-state index in [-0.39, 0.29) is 6.03 Å². The average Bonchev–Trinajstić information content (AvgIpc) is 3.18. The molecule has 1 N–H and O–H groups in total. The van der Waals surface area contributed by atoms with Crippen LogP contribution in [0.3, 0.4) is 0 Å². The van der Waals surface area contributed by atoms with Crippen molar-refractivity contribution in [3.05, 3.63) is 59.7 Å². The maximum absolute atomic E-state index is 13.5. The first-order valence-corrected chi connectivity index (χ1v) is 10.3. The fraction of sp³-hybridized carbons (Fsp3) is 0.417. The maximum Gasteiger partial charge on any atom is 0.337 e. The molecule has 0 saturated carbocycles. The fourth-order valence-corrected chi connectivity index (χ4v) is 3.72. The lowest BCUT2D eigenvalue weighted by Gasteiger charge is -2.33. The van der Waals surface area contributed by atoms with E-state index in [1.165, 1.54) is 19.1 Å². The lowest BCUT2D eigenvalue weighted by atomic mass is 10.00. The lowest BCUT2D eigenvalue weighted by Crippen LogP contribution is -2.49. The second-order valence-electron chi connectivity index (χ2n) is 8.48. The fourth-order valence-electron chi connectivity index (χ4n) is 3.72. The van der Waals surface area contributed by atoms with E-state index in [0.717, 1.165) is 5.56 Å². The van der Waals surface area contributed by atoms with E-state index < -0.39 is 29.9 Å². The summed E-state index contributed by atoms with van der Waals surface area (Å²) >= 11 is 0. The predicted octanol–water partition coefficient (Wildman–Crippen LogP) is 3.83. The number of ether oxygens (including phenoxy) is 4. The van der Waals surface area contributed by atoms with Crippen molar-refractivity contribution in [2.75, 3.05) is 21.3 Å². The molecule has 2 amide bonds. The molecule has 1 saturated heterocycles. The lowest BCUT2D eigenvalue weighted by molar-refractivity contribution is -0.154. The molecule has 0 spiro atoms. The Balaban J connectivity index is 2.16. The van der Waals surface area contributed by atoms with Crippen LogP contribution in [0.1, 0.15) is 44.2 Å². The van der Waals surface area contributed by atoms with Crippen molar-refractivity contribution in [2.45, 2.75) is 44.7 Å². The van der Waals surface area contributed by atoms with E-state index in [4.69, 9.17) is 18.9 Å². The number of benzene rings is 2. The van der Waals surface area contributed by atoms with Crippen molar-refractivity contribution in [2.24, 2.45) is 0 Å². The third-order valence-electron chi connectivity index (χ3n) is 5.11. The zero-order valence-corrected chi connectivity index (χ0v) is 19.2. The molecule has 2 aromatic rings. The predicted molar refractivity (Wildman–Crippen MR) is 118 cm³/mol. The molecule has 8 nitrogen and oxygen atoms in total. The Hall–Kier alpha value is -3.26. The van der Waals surface area contributed by atoms with Crippen LogP contribution in [-0.4, -0.2) is 49.9 Å². The number of rotatable bonds is 5. The number of nitrogens with one attached hydrogen (secondary N) is 1. The SMILES string of the molecule is COC(=O)[C@@H]1OC(c2ccc(OC)cc2OC)N(C(=O)NC(C)(C)C)[C@H]1c1ccccc1. The van der Waals surface area contributed by atoms with Crippen LogP contribution in [0.2, 0.25) is 0 Å². The van der Waals surface area contributed by atoms with Crippen molar-refractivity contribution < 1.29 is 28.5 Å². The highest BCUT2D eigenvalue weighted by Crippen LogP contribution is 2.46. The molecule has 8 heteroatoms. The van der Waals surface area contributed by atoms with Gasteiger partial charge >= 0.3 is 12.0 Å². The number of urea groups is 1. The molecule has 3 rings (SSSR count). The number of carbonyl (C=O) groups excluding carboxylic acids is 2. The van der Waals surface area contributed by atoms with Gasteiger partial charge in [-0.1, -0.05) is 30.3 Å². The van der Waals surface area contributed by atoms with Gasteiger partial charge < -0.3 is 24.3 Å². The minimum atomic E-state index is -1.02. The van der Waals surface area contributed by atoms with Gasteiger partial charge in [0.2, 0.25) is 0 Å². The van der Waals surface area contributed by atoms with Gasteiger partial charge in [0, 0.05) is 17.2 Å². The number of amides is 2. The topological polar surface area (TPSA) is 86.3 Å². The number of methoxy groups -OCH3 is 3. The second-order valence-corrected chi connectivity index (χ2v) is 8.48. The largest absolute Gasteiger partial charge is 0.497 e. The summed E-state index contributed by atoms with van der Waals surface area (Å²) in [5, 5.41) is 2.99. The molecule has 2 aromatic carbocycles. The Kier molecular flexibility index (Phi) is 6.93. The van der Waals surface area contributed by atoms with Crippen molar-refractivity contribution in [3.63, 3.8) is 0 Å². The molecule has 0 bridgehead atoms. The standard InChI is InChI=1S/C24H30N2O6/c1-24(2,3)25-23(28)26-19(15-10-8-7-9-11-15)20(22(27)31-6)32-21(26)17-13-12-16(29-4)14-18(17)30-5/h7-14,19-21H,1-6H3,(H,25,28)/t19-,20+,21?/m0/s1. The van der Waals surface area contributed by atoms with Gasteiger partial charge in [-0.05, 0) is 38.5 Å². The van der Waals surface area contributed by atoms with Gasteiger partial charge in [-0.2, -0.15) is 0 Å². The van der Waals surface area contributed by atoms with Crippen LogP contribution in [0.25, 0.3) is 0 Å². The maximum atomic E-state index is 13.5. The first-order valence-electron chi connectivity index (χ1n) is 10.3. The third-order valence-corrected chi connectivity index (χ3v) is 5.11. The minimum Gasteiger partial charge on any atom is -0.497 e. The van der Waals surface area contributed by atoms with Gasteiger partial charge in [-0.15, -0.1) is 0 Å². The zero-order chi connectivity index (χ0) is 23.5. The van der Waals surface area contributed by atoms with E-state index in [0.29, 0.717) is 17.1 Å². The highest BCUT2D eigenvalue weighted by Gasteiger charge is 2.51. The summed E-state index contributed by atoms with van der Waals surface area (Å²) in [7, 11) is 4.39. The number of nitrogens with zero attached hydrogens (tertiary/aromatic N) is 1. The molecule has 3 atom stereocenters. The highest BCUT2D eigenvalue weighted by molar-refractivity contribution is 5.81. The Morgan fingerprint density at radius 2 is 1.69 bits per heavy atom. The van der Waals surface area contributed by atoms with Gasteiger partial charge in [-0.25, -0.2) is 9.59 Å². The number of hydrogen-bond donors (Lipinski definition) is 1. The number of esters is 1. The third kappa shape index (κ3) is 4.80. The summed E-state index contributed by atoms with van der Waals surface area (Å²) in [5.41, 5.74) is 0.836. The first-order chi connectivity index (χ1) is 15.2. The number of hydrogen-bond acceptors (Lipinski definition) is 6. The molecule has 1 unspecified atom stereocenters. The molecule has 0 aliphatic carbocycles. The van der Waals surface area contributed by atoms with Crippen molar-refractivity contribution in [1.29, 1.82) is 0 Å². The monoisotopic (exact) mass is 442 g/mol. The van der Waals surface area contributed by atoms with Gasteiger partial charge in [0.15, 0.2) is 12.3 Å². The zero-order valence-electron chi connectivity index (χ0n) is 19.2. The summed E-state index contributed by atoms with van der Waals surface area (Å²) < 4.78 is 22.1. The van der Waals surface area contributed by atoms with Gasteiger partial charge in [0.1, 0.15) is 11.5 Å². The van der Waals surface area contributed by atoms with Crippen molar-refractivity contribution in [3.8, 4) is 11.5 Å². The van der Waals surface area contributed by atoms with E-state index in [1.54, 1.807) is 25.3 Å². The van der Waals surface area contributed by atoms with E-state index >= 15 is 0 Å². The molecule has 1 fully saturated rings. The van der Waals surface area contributed by atoms with Crippen LogP contribution in [0.5, 0.6) is 11.5 Å². The van der Waals surface area contributed by atoms with Crippen LogP contribution in [-0.2, 0) is 14.3 Å². The Morgan fingerprint density at radius 3 is 2.25 bits per heavy atom. The summed E-state index contributed by atoms with van der Waals surface area (Å²) in [6, 6.07) is 13.4.